The second-order valence-corrected chi connectivity index (χ2v) is 9.04. The van der Waals surface area contributed by atoms with Gasteiger partial charge in [0.25, 0.3) is 0 Å². The fraction of sp³-hybridized carbons (Fsp3) is 0.600. The van der Waals surface area contributed by atoms with Gasteiger partial charge in [-0.05, 0) is 6.42 Å². The van der Waals surface area contributed by atoms with E-state index in [4.69, 9.17) is 5.11 Å². The molecule has 0 bridgehead atoms. The molecule has 2 heterocycles. The second-order valence-electron chi connectivity index (χ2n) is 4.77. The van der Waals surface area contributed by atoms with Crippen molar-refractivity contribution in [2.24, 2.45) is 0 Å². The Balaban J connectivity index is 1.89. The molecule has 1 aliphatic rings. The van der Waals surface area contributed by atoms with Gasteiger partial charge in [-0.25, -0.2) is 31.3 Å². The van der Waals surface area contributed by atoms with E-state index in [1.165, 1.54) is 17.1 Å². The van der Waals surface area contributed by atoms with Crippen molar-refractivity contribution in [2.45, 2.75) is 18.2 Å². The molecule has 1 aromatic rings. The van der Waals surface area contributed by atoms with Crippen LogP contribution in [0, 0.1) is 0 Å². The highest BCUT2D eigenvalue weighted by atomic mass is 32.2. The van der Waals surface area contributed by atoms with Gasteiger partial charge in [0.15, 0.2) is 15.5 Å². The molecular formula is C10H15N3O6S2. The molecule has 1 unspecified atom stereocenters. The number of carboxylic acids is 1. The van der Waals surface area contributed by atoms with Crippen LogP contribution in [-0.2, 0) is 26.4 Å². The number of rotatable bonds is 6. The molecular weight excluding hydrogens is 322 g/mol. The number of sulfone groups is 1. The molecule has 0 radical (unpaired) electrons. The third-order valence-corrected chi connectivity index (χ3v) is 7.02. The number of sulfonamides is 1. The van der Waals surface area contributed by atoms with Crippen LogP contribution in [0.4, 0.5) is 0 Å². The van der Waals surface area contributed by atoms with E-state index in [9.17, 15) is 21.6 Å². The zero-order valence-electron chi connectivity index (χ0n) is 11.0. The lowest BCUT2D eigenvalue weighted by atomic mass is 10.4. The van der Waals surface area contributed by atoms with Gasteiger partial charge in [-0.3, -0.25) is 0 Å². The van der Waals surface area contributed by atoms with Crippen LogP contribution < -0.4 is 4.72 Å². The van der Waals surface area contributed by atoms with Crippen molar-refractivity contribution in [3.63, 3.8) is 0 Å². The monoisotopic (exact) mass is 337 g/mol. The normalized spacial score (nSPS) is 21.4. The maximum absolute atomic E-state index is 11.9. The van der Waals surface area contributed by atoms with E-state index in [1.807, 2.05) is 0 Å². The van der Waals surface area contributed by atoms with Gasteiger partial charge in [-0.1, -0.05) is 0 Å². The van der Waals surface area contributed by atoms with E-state index < -0.39 is 31.1 Å². The average molecular weight is 337 g/mol. The molecule has 1 aromatic heterocycles. The van der Waals surface area contributed by atoms with Crippen LogP contribution in [0.1, 0.15) is 16.9 Å². The third kappa shape index (κ3) is 4.02. The molecule has 0 spiro atoms. The van der Waals surface area contributed by atoms with Gasteiger partial charge in [-0.2, -0.15) is 0 Å². The van der Waals surface area contributed by atoms with E-state index in [-0.39, 0.29) is 36.7 Å². The van der Waals surface area contributed by atoms with Gasteiger partial charge in [-0.15, -0.1) is 0 Å². The molecule has 0 amide bonds. The minimum atomic E-state index is -3.69. The molecule has 9 nitrogen and oxygen atoms in total. The van der Waals surface area contributed by atoms with Crippen molar-refractivity contribution in [3.05, 3.63) is 18.2 Å². The first kappa shape index (κ1) is 15.9. The van der Waals surface area contributed by atoms with Gasteiger partial charge < -0.3 is 9.67 Å². The average Bonchev–Trinajstić information content (AvgIpc) is 2.96. The third-order valence-electron chi connectivity index (χ3n) is 3.16. The van der Waals surface area contributed by atoms with E-state index in [1.54, 1.807) is 0 Å². The van der Waals surface area contributed by atoms with Crippen molar-refractivity contribution in [3.8, 4) is 0 Å². The van der Waals surface area contributed by atoms with E-state index >= 15 is 0 Å². The number of aromatic nitrogens is 2. The summed E-state index contributed by atoms with van der Waals surface area (Å²) in [6.45, 7) is 0.243. The molecule has 0 aromatic carbocycles. The van der Waals surface area contributed by atoms with Crippen LogP contribution >= 0.6 is 0 Å². The Kier molecular flexibility index (Phi) is 4.35. The van der Waals surface area contributed by atoms with Crippen LogP contribution in [0.3, 0.4) is 0 Å². The Morgan fingerprint density at radius 3 is 2.76 bits per heavy atom. The highest BCUT2D eigenvalue weighted by Crippen LogP contribution is 2.17. The summed E-state index contributed by atoms with van der Waals surface area (Å²) in [6.07, 6.45) is 2.68. The predicted octanol–water partition coefficient (Wildman–Crippen LogP) is -1.31. The summed E-state index contributed by atoms with van der Waals surface area (Å²) in [5.41, 5.74) is -0.125. The Labute approximate surface area is 122 Å². The van der Waals surface area contributed by atoms with Crippen molar-refractivity contribution >= 4 is 25.8 Å². The first-order chi connectivity index (χ1) is 9.70. The van der Waals surface area contributed by atoms with Crippen molar-refractivity contribution in [2.75, 3.05) is 18.1 Å². The van der Waals surface area contributed by atoms with Crippen molar-refractivity contribution in [1.82, 2.24) is 14.3 Å². The smallest absolute Gasteiger partial charge is 0.356 e. The molecule has 1 aliphatic heterocycles. The lowest BCUT2D eigenvalue weighted by Crippen LogP contribution is -2.36. The zero-order valence-corrected chi connectivity index (χ0v) is 12.6. The van der Waals surface area contributed by atoms with Gasteiger partial charge in [0.2, 0.25) is 10.0 Å². The van der Waals surface area contributed by atoms with Gasteiger partial charge in [0.05, 0.1) is 23.1 Å². The first-order valence-corrected chi connectivity index (χ1v) is 9.50. The number of aromatic carboxylic acids is 1. The molecule has 118 valence electrons. The lowest BCUT2D eigenvalue weighted by molar-refractivity contribution is 0.0691. The first-order valence-electron chi connectivity index (χ1n) is 6.13. The summed E-state index contributed by atoms with van der Waals surface area (Å²) in [5.74, 6) is -1.62. The van der Waals surface area contributed by atoms with Gasteiger partial charge >= 0.3 is 5.97 Å². The molecule has 2 N–H and O–H groups in total. The molecule has 1 saturated heterocycles. The summed E-state index contributed by atoms with van der Waals surface area (Å²) in [7, 11) is -6.95. The minimum Gasteiger partial charge on any atom is -0.476 e. The highest BCUT2D eigenvalue weighted by molar-refractivity contribution is 7.95. The maximum Gasteiger partial charge on any atom is 0.356 e. The Morgan fingerprint density at radius 2 is 2.24 bits per heavy atom. The number of carbonyl (C=O) groups is 1. The van der Waals surface area contributed by atoms with Crippen LogP contribution in [-0.4, -0.2) is 60.8 Å². The fourth-order valence-electron chi connectivity index (χ4n) is 2.03. The quantitative estimate of drug-likeness (QED) is 0.657. The molecule has 2 rings (SSSR count). The fourth-order valence-corrected chi connectivity index (χ4v) is 6.10. The van der Waals surface area contributed by atoms with E-state index in [0.717, 1.165) is 0 Å². The highest BCUT2D eigenvalue weighted by Gasteiger charge is 2.36. The number of nitrogens with one attached hydrogen (secondary N) is 1. The van der Waals surface area contributed by atoms with Crippen molar-refractivity contribution in [1.29, 1.82) is 0 Å². The number of nitrogens with zero attached hydrogens (tertiary/aromatic N) is 2. The van der Waals surface area contributed by atoms with Crippen LogP contribution in [0.2, 0.25) is 0 Å². The summed E-state index contributed by atoms with van der Waals surface area (Å²) in [5, 5.41) is 7.78. The standard InChI is InChI=1S/C10H15N3O6S2/c14-10(15)9-5-13(7-11-9)3-2-12-21(18,19)8-1-4-20(16,17)6-8/h5,7-8,12H,1-4,6H2,(H,14,15). The topological polar surface area (TPSA) is 135 Å². The largest absolute Gasteiger partial charge is 0.476 e. The second kappa shape index (κ2) is 5.73. The molecule has 11 heteroatoms. The summed E-state index contributed by atoms with van der Waals surface area (Å²) in [4.78, 5) is 14.3. The van der Waals surface area contributed by atoms with Gasteiger partial charge in [0.1, 0.15) is 0 Å². The molecule has 0 saturated carbocycles. The Morgan fingerprint density at radius 1 is 1.52 bits per heavy atom. The molecule has 0 aliphatic carbocycles. The van der Waals surface area contributed by atoms with Crippen LogP contribution in [0.25, 0.3) is 0 Å². The van der Waals surface area contributed by atoms with E-state index in [0.29, 0.717) is 0 Å². The Bertz CT molecular complexity index is 737. The SMILES string of the molecule is O=C(O)c1cn(CCNS(=O)(=O)C2CCS(=O)(=O)C2)cn1. The Hall–Kier alpha value is -1.46. The van der Waals surface area contributed by atoms with Gasteiger partial charge in [0, 0.05) is 19.3 Å². The van der Waals surface area contributed by atoms with Crippen LogP contribution in [0.15, 0.2) is 12.5 Å². The number of hydrogen-bond donors (Lipinski definition) is 2. The lowest BCUT2D eigenvalue weighted by Gasteiger charge is -2.11. The maximum atomic E-state index is 11.9. The van der Waals surface area contributed by atoms with Crippen LogP contribution in [0.5, 0.6) is 0 Å². The summed E-state index contributed by atoms with van der Waals surface area (Å²) < 4.78 is 50.2. The number of hydrogen-bond acceptors (Lipinski definition) is 6. The minimum absolute atomic E-state index is 0.0360. The van der Waals surface area contributed by atoms with Crippen molar-refractivity contribution < 1.29 is 26.7 Å². The number of carboxylic acid groups (broad SMARTS) is 1. The van der Waals surface area contributed by atoms with E-state index in [2.05, 4.69) is 9.71 Å². The predicted molar refractivity (Wildman–Crippen MR) is 73.2 cm³/mol. The number of imidazole rings is 1. The summed E-state index contributed by atoms with van der Waals surface area (Å²) >= 11 is 0. The molecule has 21 heavy (non-hydrogen) atoms. The molecule has 1 fully saturated rings. The zero-order chi connectivity index (χ0) is 15.7. The summed E-state index contributed by atoms with van der Waals surface area (Å²) in [6, 6.07) is 0. The molecule has 1 atom stereocenters.